The number of nitrogens with zero attached hydrogens (tertiary/aromatic N) is 5. The minimum Gasteiger partial charge on any atom is -0.504 e. The number of nitro groups is 1. The highest BCUT2D eigenvalue weighted by Crippen LogP contribution is 2.39. The lowest BCUT2D eigenvalue weighted by Gasteiger charge is -2.01. The van der Waals surface area contributed by atoms with Crippen LogP contribution in [0.1, 0.15) is 0 Å². The van der Waals surface area contributed by atoms with Gasteiger partial charge in [-0.05, 0) is 6.07 Å². The molecule has 0 aliphatic rings. The molecule has 3 aromatic rings. The van der Waals surface area contributed by atoms with Crippen LogP contribution >= 0.6 is 0 Å². The van der Waals surface area contributed by atoms with Crippen LogP contribution in [-0.4, -0.2) is 35.2 Å². The molecular weight excluding hydrogens is 294 g/mol. The Morgan fingerprint density at radius 2 is 2.05 bits per heavy atom. The van der Waals surface area contributed by atoms with Crippen molar-refractivity contribution in [1.82, 2.24) is 20.1 Å². The van der Waals surface area contributed by atoms with Crippen LogP contribution in [-0.2, 0) is 0 Å². The Bertz CT molecular complexity index is 848. The van der Waals surface area contributed by atoms with Gasteiger partial charge in [0.25, 0.3) is 5.89 Å². The van der Waals surface area contributed by atoms with Crippen molar-refractivity contribution in [3.05, 3.63) is 40.8 Å². The van der Waals surface area contributed by atoms with E-state index in [9.17, 15) is 20.3 Å². The molecule has 0 aliphatic heterocycles. The maximum Gasteiger partial charge on any atom is 0.315 e. The van der Waals surface area contributed by atoms with Gasteiger partial charge in [-0.1, -0.05) is 5.16 Å². The van der Waals surface area contributed by atoms with E-state index in [2.05, 4.69) is 20.1 Å². The number of hydrogen-bond donors (Lipinski definition) is 2. The highest BCUT2D eigenvalue weighted by Gasteiger charge is 2.22. The quantitative estimate of drug-likeness (QED) is 0.417. The van der Waals surface area contributed by atoms with E-state index in [-0.39, 0.29) is 17.3 Å². The Hall–Kier alpha value is -3.56. The third-order valence-electron chi connectivity index (χ3n) is 2.73. The number of hydrogen-bond acceptors (Lipinski definition) is 9. The largest absolute Gasteiger partial charge is 0.504 e. The number of phenolic OH excluding ortho intramolecular Hbond substituents is 2. The molecule has 0 atom stereocenters. The first-order valence-corrected chi connectivity index (χ1v) is 5.87. The Kier molecular flexibility index (Phi) is 3.10. The Morgan fingerprint density at radius 1 is 1.23 bits per heavy atom. The summed E-state index contributed by atoms with van der Waals surface area (Å²) < 4.78 is 4.99. The van der Waals surface area contributed by atoms with Gasteiger partial charge in [-0.3, -0.25) is 15.1 Å². The van der Waals surface area contributed by atoms with E-state index >= 15 is 0 Å². The van der Waals surface area contributed by atoms with Crippen molar-refractivity contribution in [1.29, 1.82) is 0 Å². The molecule has 0 saturated carbocycles. The zero-order valence-electron chi connectivity index (χ0n) is 10.7. The van der Waals surface area contributed by atoms with Crippen LogP contribution in [0.2, 0.25) is 0 Å². The first-order valence-electron chi connectivity index (χ1n) is 5.87. The summed E-state index contributed by atoms with van der Waals surface area (Å²) in [6.45, 7) is 0. The van der Waals surface area contributed by atoms with E-state index in [1.54, 1.807) is 0 Å². The van der Waals surface area contributed by atoms with Crippen LogP contribution in [0.4, 0.5) is 5.69 Å². The van der Waals surface area contributed by atoms with Gasteiger partial charge in [-0.25, -0.2) is 4.98 Å². The Morgan fingerprint density at radius 3 is 2.73 bits per heavy atom. The van der Waals surface area contributed by atoms with E-state index in [4.69, 9.17) is 4.52 Å². The van der Waals surface area contributed by atoms with Crippen molar-refractivity contribution >= 4 is 5.69 Å². The lowest BCUT2D eigenvalue weighted by molar-refractivity contribution is -0.385. The van der Waals surface area contributed by atoms with Gasteiger partial charge in [0.1, 0.15) is 5.69 Å². The van der Waals surface area contributed by atoms with Gasteiger partial charge < -0.3 is 14.7 Å². The van der Waals surface area contributed by atoms with E-state index in [0.717, 1.165) is 12.1 Å². The second-order valence-corrected chi connectivity index (χ2v) is 4.13. The summed E-state index contributed by atoms with van der Waals surface area (Å²) in [7, 11) is 0. The second kappa shape index (κ2) is 5.09. The summed E-state index contributed by atoms with van der Waals surface area (Å²) in [4.78, 5) is 21.9. The van der Waals surface area contributed by atoms with Crippen LogP contribution in [0.5, 0.6) is 11.5 Å². The molecule has 0 bridgehead atoms. The number of aromatic hydroxyl groups is 2. The summed E-state index contributed by atoms with van der Waals surface area (Å²) in [6.07, 6.45) is 4.35. The molecule has 0 aliphatic carbocycles. The summed E-state index contributed by atoms with van der Waals surface area (Å²) in [6, 6.07) is 2.10. The molecule has 1 aromatic carbocycles. The molecule has 3 rings (SSSR count). The van der Waals surface area contributed by atoms with Gasteiger partial charge in [0.2, 0.25) is 11.6 Å². The lowest BCUT2D eigenvalue weighted by Crippen LogP contribution is -1.90. The molecule has 0 amide bonds. The molecule has 0 spiro atoms. The molecule has 10 heteroatoms. The minimum atomic E-state index is -0.835. The van der Waals surface area contributed by atoms with Crippen LogP contribution in [0.25, 0.3) is 23.0 Å². The van der Waals surface area contributed by atoms with E-state index in [1.165, 1.54) is 18.6 Å². The smallest absolute Gasteiger partial charge is 0.315 e. The molecule has 10 nitrogen and oxygen atoms in total. The van der Waals surface area contributed by atoms with Gasteiger partial charge in [0, 0.05) is 18.5 Å². The fourth-order valence-corrected chi connectivity index (χ4v) is 1.73. The van der Waals surface area contributed by atoms with Crippen LogP contribution < -0.4 is 0 Å². The summed E-state index contributed by atoms with van der Waals surface area (Å²) >= 11 is 0. The molecule has 2 aromatic heterocycles. The molecular formula is C12H7N5O5. The average Bonchev–Trinajstić information content (AvgIpc) is 3.00. The topological polar surface area (TPSA) is 148 Å². The number of aromatic nitrogens is 4. The summed E-state index contributed by atoms with van der Waals surface area (Å²) in [5, 5.41) is 33.5. The first kappa shape index (κ1) is 13.4. The lowest BCUT2D eigenvalue weighted by atomic mass is 10.1. The maximum atomic E-state index is 10.8. The number of benzene rings is 1. The zero-order chi connectivity index (χ0) is 15.7. The SMILES string of the molecule is O=[N+]([O-])c1cc(-c2nc(-c3cnccn3)no2)cc(O)c1O. The Labute approximate surface area is 121 Å². The van der Waals surface area contributed by atoms with Crippen molar-refractivity contribution in [3.63, 3.8) is 0 Å². The average molecular weight is 301 g/mol. The minimum absolute atomic E-state index is 0.0703. The second-order valence-electron chi connectivity index (χ2n) is 4.13. The maximum absolute atomic E-state index is 10.8. The van der Waals surface area contributed by atoms with Gasteiger partial charge in [-0.15, -0.1) is 0 Å². The van der Waals surface area contributed by atoms with Crippen molar-refractivity contribution in [3.8, 4) is 34.5 Å². The molecule has 110 valence electrons. The fraction of sp³-hybridized carbons (Fsp3) is 0. The third kappa shape index (κ3) is 2.28. The fourth-order valence-electron chi connectivity index (χ4n) is 1.73. The van der Waals surface area contributed by atoms with Gasteiger partial charge in [0.15, 0.2) is 5.75 Å². The molecule has 0 fully saturated rings. The molecule has 0 saturated heterocycles. The first-order chi connectivity index (χ1) is 10.6. The highest BCUT2D eigenvalue weighted by molar-refractivity contribution is 5.68. The zero-order valence-corrected chi connectivity index (χ0v) is 10.7. The van der Waals surface area contributed by atoms with Crippen molar-refractivity contribution < 1.29 is 19.7 Å². The van der Waals surface area contributed by atoms with E-state index < -0.39 is 22.1 Å². The van der Waals surface area contributed by atoms with Crippen LogP contribution in [0, 0.1) is 10.1 Å². The van der Waals surface area contributed by atoms with Crippen molar-refractivity contribution in [2.75, 3.05) is 0 Å². The third-order valence-corrected chi connectivity index (χ3v) is 2.73. The molecule has 2 N–H and O–H groups in total. The van der Waals surface area contributed by atoms with E-state index in [0.29, 0.717) is 5.69 Å². The Balaban J connectivity index is 2.06. The molecule has 22 heavy (non-hydrogen) atoms. The predicted molar refractivity (Wildman–Crippen MR) is 70.7 cm³/mol. The van der Waals surface area contributed by atoms with Crippen LogP contribution in [0.3, 0.4) is 0 Å². The van der Waals surface area contributed by atoms with Crippen molar-refractivity contribution in [2.45, 2.75) is 0 Å². The number of rotatable bonds is 3. The highest BCUT2D eigenvalue weighted by atomic mass is 16.6. The molecule has 0 unspecified atom stereocenters. The number of nitro benzene ring substituents is 1. The molecule has 0 radical (unpaired) electrons. The number of phenols is 2. The standard InChI is InChI=1S/C12H7N5O5/c18-9-4-6(3-8(10(9)19)17(20)21)12-15-11(16-22-12)7-5-13-1-2-14-7/h1-5,18-19H. The summed E-state index contributed by atoms with van der Waals surface area (Å²) in [5.74, 6) is -1.43. The van der Waals surface area contributed by atoms with E-state index in [1.807, 2.05) is 0 Å². The summed E-state index contributed by atoms with van der Waals surface area (Å²) in [5.41, 5.74) is -0.228. The normalized spacial score (nSPS) is 10.5. The van der Waals surface area contributed by atoms with Crippen molar-refractivity contribution in [2.24, 2.45) is 0 Å². The predicted octanol–water partition coefficient (Wildman–Crippen LogP) is 1.51. The van der Waals surface area contributed by atoms with Gasteiger partial charge >= 0.3 is 5.69 Å². The molecule has 2 heterocycles. The van der Waals surface area contributed by atoms with Crippen LogP contribution in [0.15, 0.2) is 35.2 Å². The van der Waals surface area contributed by atoms with Gasteiger partial charge in [-0.2, -0.15) is 4.98 Å². The monoisotopic (exact) mass is 301 g/mol. The van der Waals surface area contributed by atoms with Gasteiger partial charge in [0.05, 0.1) is 16.7 Å².